The first-order chi connectivity index (χ1) is 26.9. The Morgan fingerprint density at radius 3 is 1.49 bits per heavy atom. The number of rotatable bonds is 5. The summed E-state index contributed by atoms with van der Waals surface area (Å²) in [6.07, 6.45) is 12.8. The lowest BCUT2D eigenvalue weighted by Gasteiger charge is -2.42. The molecule has 0 atom stereocenters. The zero-order valence-corrected chi connectivity index (χ0v) is 34.4. The highest BCUT2D eigenvalue weighted by atomic mass is 35.5. The van der Waals surface area contributed by atoms with Crippen LogP contribution in [-0.4, -0.2) is 160 Å². The van der Waals surface area contributed by atoms with Crippen LogP contribution in [0.15, 0.2) is 24.3 Å². The Balaban J connectivity index is 0.000000155. The number of likely N-dealkylation sites (tertiary alicyclic amines) is 2. The summed E-state index contributed by atoms with van der Waals surface area (Å²) in [6, 6.07) is 13.7. The standard InChI is InChI=1S/C21H32N6.C11H12ClN3.C10H21N3/c1-24-9-5-19(6-10-24)26-11-13-27(14-12-26)21-16-20(15-18(17-22)23-21)25-7-3-2-4-8-25;12-11-7-10(6-9(8-13)14-11)15-4-2-1-3-5-15;1-12-6-2-10(3-7-12)13-8-4-11-5-9-13/h15-16,19H,2-14H2,1H3;6-7H,1-5H2;10-11H,2-9H2,1H3. The van der Waals surface area contributed by atoms with Gasteiger partial charge in [0.1, 0.15) is 34.5 Å². The molecule has 6 aliphatic rings. The molecule has 6 aliphatic heterocycles. The molecule has 55 heavy (non-hydrogen) atoms. The van der Waals surface area contributed by atoms with Gasteiger partial charge in [-0.05, 0) is 123 Å². The number of hydrogen-bond donors (Lipinski definition) is 1. The van der Waals surface area contributed by atoms with Crippen molar-refractivity contribution in [3.63, 3.8) is 0 Å². The molecule has 2 aromatic rings. The number of nitrogens with zero attached hydrogens (tertiary/aromatic N) is 11. The summed E-state index contributed by atoms with van der Waals surface area (Å²) in [5, 5.41) is 22.1. The first-order valence-corrected chi connectivity index (χ1v) is 21.6. The maximum Gasteiger partial charge on any atom is 0.144 e. The molecule has 1 N–H and O–H groups in total. The molecule has 13 heteroatoms. The molecule has 2 aromatic heterocycles. The van der Waals surface area contributed by atoms with Crippen molar-refractivity contribution < 1.29 is 0 Å². The van der Waals surface area contributed by atoms with E-state index in [-0.39, 0.29) is 0 Å². The van der Waals surface area contributed by atoms with E-state index in [1.54, 1.807) is 6.07 Å². The third kappa shape index (κ3) is 12.4. The number of aromatic nitrogens is 2. The number of nitrogens with one attached hydrogen (secondary N) is 1. The van der Waals surface area contributed by atoms with Gasteiger partial charge in [-0.3, -0.25) is 9.80 Å². The fraction of sp³-hybridized carbons (Fsp3) is 0.714. The lowest BCUT2D eigenvalue weighted by atomic mass is 10.0. The number of halogens is 1. The summed E-state index contributed by atoms with van der Waals surface area (Å²) in [7, 11) is 4.45. The lowest BCUT2D eigenvalue weighted by Crippen LogP contribution is -2.53. The van der Waals surface area contributed by atoms with E-state index in [1.165, 1.54) is 122 Å². The zero-order valence-electron chi connectivity index (χ0n) is 33.6. The smallest absolute Gasteiger partial charge is 0.144 e. The van der Waals surface area contributed by atoms with Crippen molar-refractivity contribution >= 4 is 28.8 Å². The van der Waals surface area contributed by atoms with Gasteiger partial charge >= 0.3 is 0 Å². The molecule has 0 aliphatic carbocycles. The summed E-state index contributed by atoms with van der Waals surface area (Å²) in [4.78, 5) is 25.8. The van der Waals surface area contributed by atoms with Gasteiger partial charge in [0, 0.05) is 108 Å². The SMILES string of the molecule is CN1CCC(N2CCN(c3cc(N4CCCCC4)cc(C#N)n3)CC2)CC1.CN1CCC(N2CCNCC2)CC1.N#Cc1cc(N2CCCCC2)cc(Cl)n1. The molecule has 0 radical (unpaired) electrons. The van der Waals surface area contributed by atoms with E-state index in [0.29, 0.717) is 16.5 Å². The molecule has 300 valence electrons. The van der Waals surface area contributed by atoms with Gasteiger partial charge in [-0.25, -0.2) is 9.97 Å². The van der Waals surface area contributed by atoms with Crippen molar-refractivity contribution in [1.82, 2.24) is 34.9 Å². The summed E-state index contributed by atoms with van der Waals surface area (Å²) in [6.45, 7) is 18.4. The van der Waals surface area contributed by atoms with Crippen LogP contribution in [0.1, 0.15) is 75.6 Å². The highest BCUT2D eigenvalue weighted by Crippen LogP contribution is 2.27. The van der Waals surface area contributed by atoms with Gasteiger partial charge in [0.05, 0.1) is 0 Å². The van der Waals surface area contributed by atoms with E-state index >= 15 is 0 Å². The van der Waals surface area contributed by atoms with Crippen molar-refractivity contribution in [2.24, 2.45) is 0 Å². The van der Waals surface area contributed by atoms with E-state index in [2.05, 4.69) is 75.8 Å². The Hall–Kier alpha value is -3.23. The molecule has 0 spiro atoms. The average Bonchev–Trinajstić information content (AvgIpc) is 3.25. The maximum atomic E-state index is 9.46. The van der Waals surface area contributed by atoms with Crippen LogP contribution < -0.4 is 20.0 Å². The number of nitriles is 2. The van der Waals surface area contributed by atoms with E-state index in [0.717, 1.165) is 75.9 Å². The molecule has 0 aromatic carbocycles. The van der Waals surface area contributed by atoms with Crippen LogP contribution in [0.25, 0.3) is 0 Å². The number of piperidine rings is 4. The Kier molecular flexibility index (Phi) is 16.1. The predicted molar refractivity (Wildman–Crippen MR) is 224 cm³/mol. The minimum absolute atomic E-state index is 0.392. The monoisotopic (exact) mass is 773 g/mol. The first kappa shape index (κ1) is 41.4. The van der Waals surface area contributed by atoms with Gasteiger partial charge in [-0.2, -0.15) is 10.5 Å². The molecule has 0 unspecified atom stereocenters. The molecule has 6 saturated heterocycles. The van der Waals surface area contributed by atoms with Gasteiger partial charge in [-0.15, -0.1) is 0 Å². The Morgan fingerprint density at radius 1 is 0.545 bits per heavy atom. The molecule has 0 saturated carbocycles. The average molecular weight is 774 g/mol. The van der Waals surface area contributed by atoms with Gasteiger partial charge in [0.2, 0.25) is 0 Å². The predicted octanol–water partition coefficient (Wildman–Crippen LogP) is 4.74. The summed E-state index contributed by atoms with van der Waals surface area (Å²) in [5.41, 5.74) is 3.13. The van der Waals surface area contributed by atoms with Crippen molar-refractivity contribution in [2.45, 2.75) is 76.3 Å². The topological polar surface area (TPSA) is 108 Å². The molecular formula is C42H65ClN12. The van der Waals surface area contributed by atoms with Crippen LogP contribution in [0.2, 0.25) is 5.15 Å². The van der Waals surface area contributed by atoms with E-state index in [4.69, 9.17) is 16.9 Å². The fourth-order valence-electron chi connectivity index (χ4n) is 9.01. The second-order valence-corrected chi connectivity index (χ2v) is 16.7. The van der Waals surface area contributed by atoms with Crippen molar-refractivity contribution in [3.05, 3.63) is 40.8 Å². The molecule has 8 heterocycles. The van der Waals surface area contributed by atoms with E-state index in [1.807, 2.05) is 18.2 Å². The van der Waals surface area contributed by atoms with Gasteiger partial charge in [-0.1, -0.05) is 11.6 Å². The van der Waals surface area contributed by atoms with Crippen LogP contribution >= 0.6 is 11.6 Å². The number of pyridine rings is 2. The van der Waals surface area contributed by atoms with E-state index < -0.39 is 0 Å². The van der Waals surface area contributed by atoms with Crippen molar-refractivity contribution in [2.75, 3.05) is 134 Å². The summed E-state index contributed by atoms with van der Waals surface area (Å²) < 4.78 is 0. The quantitative estimate of drug-likeness (QED) is 0.425. The molecule has 12 nitrogen and oxygen atoms in total. The Labute approximate surface area is 336 Å². The van der Waals surface area contributed by atoms with Gasteiger partial charge < -0.3 is 29.8 Å². The minimum atomic E-state index is 0.392. The number of anilines is 3. The summed E-state index contributed by atoms with van der Waals surface area (Å²) in [5.74, 6) is 0.984. The van der Waals surface area contributed by atoms with Crippen LogP contribution in [0, 0.1) is 22.7 Å². The Bertz CT molecular complexity index is 1530. The fourth-order valence-corrected chi connectivity index (χ4v) is 9.22. The van der Waals surface area contributed by atoms with Crippen LogP contribution in [0.5, 0.6) is 0 Å². The van der Waals surface area contributed by atoms with Crippen molar-refractivity contribution in [3.8, 4) is 12.1 Å². The molecule has 8 rings (SSSR count). The highest BCUT2D eigenvalue weighted by Gasteiger charge is 2.28. The van der Waals surface area contributed by atoms with Crippen LogP contribution in [0.3, 0.4) is 0 Å². The minimum Gasteiger partial charge on any atom is -0.371 e. The highest BCUT2D eigenvalue weighted by molar-refractivity contribution is 6.29. The lowest BCUT2D eigenvalue weighted by molar-refractivity contribution is 0.109. The Morgan fingerprint density at radius 2 is 1.00 bits per heavy atom. The first-order valence-electron chi connectivity index (χ1n) is 21.2. The second-order valence-electron chi connectivity index (χ2n) is 16.3. The number of hydrogen-bond acceptors (Lipinski definition) is 12. The maximum absolute atomic E-state index is 9.46. The molecule has 6 fully saturated rings. The molecule has 0 amide bonds. The zero-order chi connectivity index (χ0) is 38.4. The van der Waals surface area contributed by atoms with Gasteiger partial charge in [0.15, 0.2) is 0 Å². The van der Waals surface area contributed by atoms with Crippen LogP contribution in [0.4, 0.5) is 17.2 Å². The third-order valence-corrected chi connectivity index (χ3v) is 12.6. The second kappa shape index (κ2) is 21.3. The van der Waals surface area contributed by atoms with Crippen molar-refractivity contribution in [1.29, 1.82) is 10.5 Å². The number of piperazine rings is 2. The normalized spacial score (nSPS) is 22.8. The van der Waals surface area contributed by atoms with Gasteiger partial charge in [0.25, 0.3) is 0 Å². The largest absolute Gasteiger partial charge is 0.371 e. The van der Waals surface area contributed by atoms with Crippen LogP contribution in [-0.2, 0) is 0 Å². The molecule has 0 bridgehead atoms. The summed E-state index contributed by atoms with van der Waals surface area (Å²) >= 11 is 5.86. The third-order valence-electron chi connectivity index (χ3n) is 12.4. The van der Waals surface area contributed by atoms with E-state index in [9.17, 15) is 5.26 Å². The molecular weight excluding hydrogens is 708 g/mol.